The predicted molar refractivity (Wildman–Crippen MR) is 73.2 cm³/mol. The third kappa shape index (κ3) is 2.65. The zero-order valence-electron chi connectivity index (χ0n) is 10.6. The lowest BCUT2D eigenvalue weighted by Crippen LogP contribution is -2.17. The van der Waals surface area contributed by atoms with Crippen LogP contribution < -0.4 is 10.5 Å². The van der Waals surface area contributed by atoms with Crippen molar-refractivity contribution in [3.63, 3.8) is 0 Å². The molecule has 1 heterocycles. The number of nitrogens with zero attached hydrogens (tertiary/aromatic N) is 2. The van der Waals surface area contributed by atoms with Crippen molar-refractivity contribution in [2.75, 3.05) is 10.5 Å². The van der Waals surface area contributed by atoms with Crippen LogP contribution in [0.2, 0.25) is 0 Å². The number of sulfonamides is 1. The molecule has 0 aliphatic heterocycles. The second kappa shape index (κ2) is 4.85. The fraction of sp³-hybridized carbons (Fsp3) is 0.167. The van der Waals surface area contributed by atoms with Crippen molar-refractivity contribution in [1.29, 1.82) is 0 Å². The monoisotopic (exact) mass is 278 g/mol. The van der Waals surface area contributed by atoms with Crippen LogP contribution in [0, 0.1) is 13.8 Å². The van der Waals surface area contributed by atoms with Crippen molar-refractivity contribution in [2.45, 2.75) is 18.7 Å². The third-order valence-corrected chi connectivity index (χ3v) is 4.34. The Morgan fingerprint density at radius 3 is 2.58 bits per heavy atom. The fourth-order valence-corrected chi connectivity index (χ4v) is 3.13. The van der Waals surface area contributed by atoms with E-state index in [1.165, 1.54) is 18.6 Å². The largest absolute Gasteiger partial charge is 0.398 e. The van der Waals surface area contributed by atoms with Crippen LogP contribution >= 0.6 is 0 Å². The van der Waals surface area contributed by atoms with E-state index < -0.39 is 10.0 Å². The minimum Gasteiger partial charge on any atom is -0.398 e. The molecule has 0 radical (unpaired) electrons. The lowest BCUT2D eigenvalue weighted by molar-refractivity contribution is 0.600. The van der Waals surface area contributed by atoms with E-state index in [1.807, 2.05) is 6.92 Å². The van der Waals surface area contributed by atoms with E-state index in [0.717, 1.165) is 5.56 Å². The van der Waals surface area contributed by atoms with E-state index in [4.69, 9.17) is 5.73 Å². The molecule has 0 saturated carbocycles. The maximum absolute atomic E-state index is 12.3. The second-order valence-corrected chi connectivity index (χ2v) is 5.74. The molecule has 0 unspecified atom stereocenters. The summed E-state index contributed by atoms with van der Waals surface area (Å²) in [6.45, 7) is 3.55. The molecule has 0 aliphatic rings. The van der Waals surface area contributed by atoms with Gasteiger partial charge in [0.15, 0.2) is 5.82 Å². The molecule has 2 aromatic rings. The van der Waals surface area contributed by atoms with Gasteiger partial charge in [0.25, 0.3) is 10.0 Å². The van der Waals surface area contributed by atoms with Crippen molar-refractivity contribution >= 4 is 21.5 Å². The minimum absolute atomic E-state index is 0.0816. The highest BCUT2D eigenvalue weighted by Gasteiger charge is 2.21. The SMILES string of the molecule is Cc1ccc(N)c(S(=O)(=O)Nc2cnccn2)c1C. The average molecular weight is 278 g/mol. The smallest absolute Gasteiger partial charge is 0.265 e. The maximum Gasteiger partial charge on any atom is 0.265 e. The molecule has 1 aromatic heterocycles. The van der Waals surface area contributed by atoms with Gasteiger partial charge in [0.1, 0.15) is 4.90 Å². The molecule has 7 heteroatoms. The number of anilines is 2. The summed E-state index contributed by atoms with van der Waals surface area (Å²) in [5.74, 6) is 0.155. The van der Waals surface area contributed by atoms with Crippen molar-refractivity contribution in [2.24, 2.45) is 0 Å². The number of benzene rings is 1. The first-order valence-corrected chi connectivity index (χ1v) is 7.04. The normalized spacial score (nSPS) is 11.3. The zero-order chi connectivity index (χ0) is 14.0. The quantitative estimate of drug-likeness (QED) is 0.829. The van der Waals surface area contributed by atoms with Crippen LogP contribution in [0.1, 0.15) is 11.1 Å². The summed E-state index contributed by atoms with van der Waals surface area (Å²) in [5, 5.41) is 0. The summed E-state index contributed by atoms with van der Waals surface area (Å²) in [6, 6.07) is 3.36. The molecule has 0 spiro atoms. The molecule has 6 nitrogen and oxygen atoms in total. The van der Waals surface area contributed by atoms with E-state index in [-0.39, 0.29) is 16.4 Å². The number of rotatable bonds is 3. The Bertz CT molecular complexity index is 699. The topological polar surface area (TPSA) is 98.0 Å². The number of hydrogen-bond donors (Lipinski definition) is 2. The Balaban J connectivity index is 2.49. The van der Waals surface area contributed by atoms with Crippen LogP contribution in [0.5, 0.6) is 0 Å². The summed E-state index contributed by atoms with van der Waals surface area (Å²) >= 11 is 0. The van der Waals surface area contributed by atoms with Gasteiger partial charge in [0.05, 0.1) is 11.9 Å². The van der Waals surface area contributed by atoms with Gasteiger partial charge in [0.2, 0.25) is 0 Å². The van der Waals surface area contributed by atoms with Crippen LogP contribution in [-0.2, 0) is 10.0 Å². The van der Waals surface area contributed by atoms with Crippen LogP contribution in [0.25, 0.3) is 0 Å². The Morgan fingerprint density at radius 1 is 1.21 bits per heavy atom. The number of aromatic nitrogens is 2. The summed E-state index contributed by atoms with van der Waals surface area (Å²) in [5.41, 5.74) is 7.46. The van der Waals surface area contributed by atoms with E-state index in [9.17, 15) is 8.42 Å². The standard InChI is InChI=1S/C12H14N4O2S/c1-8-3-4-10(13)12(9(8)2)19(17,18)16-11-7-14-5-6-15-11/h3-7H,13H2,1-2H3,(H,15,16). The van der Waals surface area contributed by atoms with Crippen molar-refractivity contribution < 1.29 is 8.42 Å². The first-order valence-electron chi connectivity index (χ1n) is 5.56. The number of hydrogen-bond acceptors (Lipinski definition) is 5. The summed E-state index contributed by atoms with van der Waals surface area (Å²) in [7, 11) is -3.77. The molecule has 0 amide bonds. The maximum atomic E-state index is 12.3. The van der Waals surface area contributed by atoms with Gasteiger partial charge in [-0.25, -0.2) is 13.4 Å². The molecule has 3 N–H and O–H groups in total. The van der Waals surface area contributed by atoms with Gasteiger partial charge in [-0.2, -0.15) is 0 Å². The van der Waals surface area contributed by atoms with Crippen LogP contribution in [0.15, 0.2) is 35.6 Å². The predicted octanol–water partition coefficient (Wildman–Crippen LogP) is 1.48. The summed E-state index contributed by atoms with van der Waals surface area (Å²) in [6.07, 6.45) is 4.20. The van der Waals surface area contributed by atoms with Gasteiger partial charge in [-0.3, -0.25) is 9.71 Å². The summed E-state index contributed by atoms with van der Waals surface area (Å²) in [4.78, 5) is 7.76. The van der Waals surface area contributed by atoms with Crippen LogP contribution in [-0.4, -0.2) is 18.4 Å². The highest BCUT2D eigenvalue weighted by atomic mass is 32.2. The van der Waals surface area contributed by atoms with Crippen molar-refractivity contribution in [3.05, 3.63) is 41.9 Å². The molecule has 0 atom stereocenters. The number of nitrogens with two attached hydrogens (primary N) is 1. The van der Waals surface area contributed by atoms with Gasteiger partial charge in [-0.05, 0) is 31.0 Å². The van der Waals surface area contributed by atoms with Crippen LogP contribution in [0.3, 0.4) is 0 Å². The number of aryl methyl sites for hydroxylation is 1. The van der Waals surface area contributed by atoms with Crippen LogP contribution in [0.4, 0.5) is 11.5 Å². The lowest BCUT2D eigenvalue weighted by atomic mass is 10.1. The number of nitrogens with one attached hydrogen (secondary N) is 1. The van der Waals surface area contributed by atoms with Gasteiger partial charge < -0.3 is 5.73 Å². The molecular weight excluding hydrogens is 264 g/mol. The fourth-order valence-electron chi connectivity index (χ4n) is 1.71. The Hall–Kier alpha value is -2.15. The number of nitrogen functional groups attached to an aromatic ring is 1. The average Bonchev–Trinajstić information content (AvgIpc) is 2.35. The third-order valence-electron chi connectivity index (χ3n) is 2.78. The Morgan fingerprint density at radius 2 is 1.95 bits per heavy atom. The molecule has 0 bridgehead atoms. The van der Waals surface area contributed by atoms with Crippen molar-refractivity contribution in [1.82, 2.24) is 9.97 Å². The van der Waals surface area contributed by atoms with E-state index >= 15 is 0 Å². The van der Waals surface area contributed by atoms with Crippen molar-refractivity contribution in [3.8, 4) is 0 Å². The first-order chi connectivity index (χ1) is 8.92. The molecule has 0 aliphatic carbocycles. The second-order valence-electron chi connectivity index (χ2n) is 4.12. The highest BCUT2D eigenvalue weighted by Crippen LogP contribution is 2.26. The molecular formula is C12H14N4O2S. The molecule has 0 saturated heterocycles. The molecule has 19 heavy (non-hydrogen) atoms. The Kier molecular flexibility index (Phi) is 3.39. The highest BCUT2D eigenvalue weighted by molar-refractivity contribution is 7.93. The van der Waals surface area contributed by atoms with Gasteiger partial charge in [-0.1, -0.05) is 6.07 Å². The molecule has 1 aromatic carbocycles. The summed E-state index contributed by atoms with van der Waals surface area (Å²) < 4.78 is 27.0. The van der Waals surface area contributed by atoms with Gasteiger partial charge in [0, 0.05) is 12.4 Å². The van der Waals surface area contributed by atoms with Gasteiger partial charge >= 0.3 is 0 Å². The molecule has 0 fully saturated rings. The lowest BCUT2D eigenvalue weighted by Gasteiger charge is -2.13. The zero-order valence-corrected chi connectivity index (χ0v) is 11.4. The van der Waals surface area contributed by atoms with E-state index in [0.29, 0.717) is 5.56 Å². The molecule has 2 rings (SSSR count). The first kappa shape index (κ1) is 13.3. The van der Waals surface area contributed by atoms with Gasteiger partial charge in [-0.15, -0.1) is 0 Å². The van der Waals surface area contributed by atoms with E-state index in [2.05, 4.69) is 14.7 Å². The minimum atomic E-state index is -3.77. The Labute approximate surface area is 111 Å². The molecule has 100 valence electrons. The van der Waals surface area contributed by atoms with E-state index in [1.54, 1.807) is 19.1 Å².